The second kappa shape index (κ2) is 5.34. The van der Waals surface area contributed by atoms with E-state index >= 15 is 0 Å². The molecule has 9 nitrogen and oxygen atoms in total. The van der Waals surface area contributed by atoms with Crippen LogP contribution in [0.5, 0.6) is 0 Å². The lowest BCUT2D eigenvalue weighted by Gasteiger charge is -2.35. The molecule has 0 spiro atoms. The van der Waals surface area contributed by atoms with Crippen molar-refractivity contribution in [2.24, 2.45) is 0 Å². The van der Waals surface area contributed by atoms with E-state index < -0.39 is 0 Å². The second-order valence-electron chi connectivity index (χ2n) is 5.44. The molecule has 118 valence electrons. The Morgan fingerprint density at radius 1 is 1.22 bits per heavy atom. The number of nitrogens with one attached hydrogen (secondary N) is 1. The van der Waals surface area contributed by atoms with Gasteiger partial charge in [-0.2, -0.15) is 9.61 Å². The number of carbonyl (C=O) groups excluding carboxylic acids is 1. The van der Waals surface area contributed by atoms with Crippen molar-refractivity contribution in [1.82, 2.24) is 34.7 Å². The molecular formula is C14H16N8O. The second-order valence-corrected chi connectivity index (χ2v) is 5.44. The lowest BCUT2D eigenvalue weighted by atomic mass is 10.3. The Labute approximate surface area is 131 Å². The monoisotopic (exact) mass is 312 g/mol. The zero-order chi connectivity index (χ0) is 15.8. The number of piperazine rings is 1. The molecule has 1 saturated heterocycles. The SMILES string of the molecule is Cc1nc2cncc(N3CCN(C(=O)c4ccn[nH]4)CC3)n2n1. The fourth-order valence-electron chi connectivity index (χ4n) is 2.81. The third-order valence-electron chi connectivity index (χ3n) is 3.96. The van der Waals surface area contributed by atoms with Crippen LogP contribution < -0.4 is 4.90 Å². The maximum atomic E-state index is 12.3. The first-order chi connectivity index (χ1) is 11.2. The largest absolute Gasteiger partial charge is 0.352 e. The minimum Gasteiger partial charge on any atom is -0.352 e. The maximum absolute atomic E-state index is 12.3. The highest BCUT2D eigenvalue weighted by atomic mass is 16.2. The molecule has 1 aliphatic rings. The minimum atomic E-state index is -0.0184. The minimum absolute atomic E-state index is 0.0184. The van der Waals surface area contributed by atoms with Crippen molar-refractivity contribution >= 4 is 17.4 Å². The van der Waals surface area contributed by atoms with Gasteiger partial charge in [0.05, 0.1) is 12.4 Å². The van der Waals surface area contributed by atoms with E-state index in [4.69, 9.17) is 0 Å². The van der Waals surface area contributed by atoms with E-state index in [1.54, 1.807) is 29.2 Å². The van der Waals surface area contributed by atoms with E-state index in [-0.39, 0.29) is 5.91 Å². The first kappa shape index (κ1) is 13.7. The van der Waals surface area contributed by atoms with Crippen LogP contribution in [0.1, 0.15) is 16.3 Å². The van der Waals surface area contributed by atoms with E-state index in [9.17, 15) is 4.79 Å². The molecule has 23 heavy (non-hydrogen) atoms. The Bertz CT molecular complexity index is 832. The van der Waals surface area contributed by atoms with Crippen LogP contribution in [0.2, 0.25) is 0 Å². The number of hydrogen-bond acceptors (Lipinski definition) is 6. The summed E-state index contributed by atoms with van der Waals surface area (Å²) in [5, 5.41) is 11.0. The Hall–Kier alpha value is -2.97. The average Bonchev–Trinajstić information content (AvgIpc) is 3.22. The van der Waals surface area contributed by atoms with Crippen LogP contribution in [-0.4, -0.2) is 66.8 Å². The number of aryl methyl sites for hydroxylation is 1. The number of nitrogens with zero attached hydrogens (tertiary/aromatic N) is 7. The summed E-state index contributed by atoms with van der Waals surface area (Å²) < 4.78 is 1.80. The van der Waals surface area contributed by atoms with Gasteiger partial charge in [0.25, 0.3) is 5.91 Å². The third-order valence-corrected chi connectivity index (χ3v) is 3.96. The summed E-state index contributed by atoms with van der Waals surface area (Å²) >= 11 is 0. The summed E-state index contributed by atoms with van der Waals surface area (Å²) in [6.45, 7) is 4.58. The number of carbonyl (C=O) groups is 1. The van der Waals surface area contributed by atoms with Gasteiger partial charge in [-0.25, -0.2) is 4.98 Å². The molecule has 0 unspecified atom stereocenters. The van der Waals surface area contributed by atoms with Gasteiger partial charge in [-0.1, -0.05) is 0 Å². The lowest BCUT2D eigenvalue weighted by Crippen LogP contribution is -2.49. The van der Waals surface area contributed by atoms with Crippen LogP contribution in [-0.2, 0) is 0 Å². The van der Waals surface area contributed by atoms with Crippen LogP contribution in [0.15, 0.2) is 24.7 Å². The molecule has 4 rings (SSSR count). The van der Waals surface area contributed by atoms with Crippen molar-refractivity contribution in [2.45, 2.75) is 6.92 Å². The Kier molecular flexibility index (Phi) is 3.18. The fraction of sp³-hybridized carbons (Fsp3) is 0.357. The third kappa shape index (κ3) is 2.39. The zero-order valence-electron chi connectivity index (χ0n) is 12.7. The topological polar surface area (TPSA) is 95.3 Å². The Balaban J connectivity index is 1.52. The fourth-order valence-corrected chi connectivity index (χ4v) is 2.81. The Morgan fingerprint density at radius 3 is 2.78 bits per heavy atom. The summed E-state index contributed by atoms with van der Waals surface area (Å²) in [6, 6.07) is 1.69. The standard InChI is InChI=1S/C14H16N8O/c1-10-17-12-8-15-9-13(22(12)19-10)20-4-6-21(7-5-20)14(23)11-2-3-16-18-11/h2-3,8-9H,4-7H2,1H3,(H,16,18). The number of aromatic nitrogens is 6. The molecule has 3 aromatic rings. The number of amides is 1. The summed E-state index contributed by atoms with van der Waals surface area (Å²) in [4.78, 5) is 24.9. The van der Waals surface area contributed by atoms with Crippen molar-refractivity contribution in [3.05, 3.63) is 36.2 Å². The van der Waals surface area contributed by atoms with Crippen molar-refractivity contribution in [1.29, 1.82) is 0 Å². The molecule has 9 heteroatoms. The molecule has 0 radical (unpaired) electrons. The van der Waals surface area contributed by atoms with Gasteiger partial charge in [0.2, 0.25) is 0 Å². The highest BCUT2D eigenvalue weighted by molar-refractivity contribution is 5.92. The van der Waals surface area contributed by atoms with Crippen molar-refractivity contribution < 1.29 is 4.79 Å². The average molecular weight is 312 g/mol. The zero-order valence-corrected chi connectivity index (χ0v) is 12.7. The molecule has 4 heterocycles. The molecule has 0 saturated carbocycles. The van der Waals surface area contributed by atoms with Crippen LogP contribution in [0.3, 0.4) is 0 Å². The van der Waals surface area contributed by atoms with E-state index in [1.807, 2.05) is 11.8 Å². The van der Waals surface area contributed by atoms with Crippen molar-refractivity contribution in [3.8, 4) is 0 Å². The highest BCUT2D eigenvalue weighted by Gasteiger charge is 2.24. The van der Waals surface area contributed by atoms with Crippen LogP contribution >= 0.6 is 0 Å². The van der Waals surface area contributed by atoms with Gasteiger partial charge < -0.3 is 9.80 Å². The number of rotatable bonds is 2. The van der Waals surface area contributed by atoms with Gasteiger partial charge in [0.1, 0.15) is 11.5 Å². The molecule has 0 aromatic carbocycles. The van der Waals surface area contributed by atoms with Gasteiger partial charge in [-0.05, 0) is 13.0 Å². The van der Waals surface area contributed by atoms with E-state index in [0.717, 1.165) is 24.6 Å². The van der Waals surface area contributed by atoms with Gasteiger partial charge in [0, 0.05) is 32.4 Å². The Morgan fingerprint density at radius 2 is 2.04 bits per heavy atom. The lowest BCUT2D eigenvalue weighted by molar-refractivity contribution is 0.0740. The number of H-pyrrole nitrogens is 1. The molecule has 1 amide bonds. The van der Waals surface area contributed by atoms with E-state index in [2.05, 4.69) is 30.2 Å². The molecule has 1 aliphatic heterocycles. The molecule has 0 aliphatic carbocycles. The smallest absolute Gasteiger partial charge is 0.271 e. The normalized spacial score (nSPS) is 15.3. The van der Waals surface area contributed by atoms with Crippen molar-refractivity contribution in [2.75, 3.05) is 31.1 Å². The molecule has 0 bridgehead atoms. The quantitative estimate of drug-likeness (QED) is 0.722. The van der Waals surface area contributed by atoms with Crippen LogP contribution in [0, 0.1) is 6.92 Å². The number of anilines is 1. The first-order valence-electron chi connectivity index (χ1n) is 7.43. The number of aromatic amines is 1. The number of hydrogen-bond donors (Lipinski definition) is 1. The predicted molar refractivity (Wildman–Crippen MR) is 82.2 cm³/mol. The summed E-state index contributed by atoms with van der Waals surface area (Å²) in [5.41, 5.74) is 1.25. The molecule has 0 atom stereocenters. The number of fused-ring (bicyclic) bond motifs is 1. The molecule has 3 aromatic heterocycles. The highest BCUT2D eigenvalue weighted by Crippen LogP contribution is 2.17. The molecule has 1 N–H and O–H groups in total. The van der Waals surface area contributed by atoms with Gasteiger partial charge in [-0.3, -0.25) is 14.9 Å². The van der Waals surface area contributed by atoms with Crippen LogP contribution in [0.25, 0.3) is 5.65 Å². The van der Waals surface area contributed by atoms with Gasteiger partial charge in [0.15, 0.2) is 11.5 Å². The summed E-state index contributed by atoms with van der Waals surface area (Å²) in [5.74, 6) is 1.60. The summed E-state index contributed by atoms with van der Waals surface area (Å²) in [6.07, 6.45) is 5.07. The first-order valence-corrected chi connectivity index (χ1v) is 7.43. The van der Waals surface area contributed by atoms with Gasteiger partial charge >= 0.3 is 0 Å². The van der Waals surface area contributed by atoms with Crippen LogP contribution in [0.4, 0.5) is 5.82 Å². The molecule has 1 fully saturated rings. The van der Waals surface area contributed by atoms with E-state index in [0.29, 0.717) is 24.6 Å². The molecular weight excluding hydrogens is 296 g/mol. The predicted octanol–water partition coefficient (Wildman–Crippen LogP) is 0.118. The van der Waals surface area contributed by atoms with Crippen molar-refractivity contribution in [3.63, 3.8) is 0 Å². The summed E-state index contributed by atoms with van der Waals surface area (Å²) in [7, 11) is 0. The maximum Gasteiger partial charge on any atom is 0.271 e. The van der Waals surface area contributed by atoms with Gasteiger partial charge in [-0.15, -0.1) is 5.10 Å². The van der Waals surface area contributed by atoms with E-state index in [1.165, 1.54) is 0 Å².